The molecular weight excluding hydrogens is 240 g/mol. The van der Waals surface area contributed by atoms with Crippen molar-refractivity contribution in [2.75, 3.05) is 6.61 Å². The van der Waals surface area contributed by atoms with Crippen molar-refractivity contribution in [1.29, 1.82) is 0 Å². The van der Waals surface area contributed by atoms with Crippen LogP contribution in [0.5, 0.6) is 5.75 Å². The van der Waals surface area contributed by atoms with Gasteiger partial charge in [-0.1, -0.05) is 12.1 Å². The number of aromatic nitrogens is 2. The predicted octanol–water partition coefficient (Wildman–Crippen LogP) is 2.28. The van der Waals surface area contributed by atoms with Gasteiger partial charge in [0.05, 0.1) is 19.0 Å². The number of rotatable bonds is 7. The molecular formula is C15H20N2O2. The molecule has 1 N–H and O–H groups in total. The lowest BCUT2D eigenvalue weighted by atomic mass is 10.1. The van der Waals surface area contributed by atoms with E-state index in [2.05, 4.69) is 17.1 Å². The summed E-state index contributed by atoms with van der Waals surface area (Å²) in [7, 11) is 0. The lowest BCUT2D eigenvalue weighted by Crippen LogP contribution is -2.15. The highest BCUT2D eigenvalue weighted by Gasteiger charge is 2.05. The minimum Gasteiger partial charge on any atom is -0.494 e. The van der Waals surface area contributed by atoms with Crippen molar-refractivity contribution in [3.63, 3.8) is 0 Å². The van der Waals surface area contributed by atoms with Crippen LogP contribution < -0.4 is 4.74 Å². The molecule has 2 rings (SSSR count). The molecule has 0 aliphatic carbocycles. The average molecular weight is 260 g/mol. The van der Waals surface area contributed by atoms with Crippen LogP contribution in [0.4, 0.5) is 0 Å². The number of aliphatic hydroxyl groups excluding tert-OH is 1. The smallest absolute Gasteiger partial charge is 0.119 e. The highest BCUT2D eigenvalue weighted by atomic mass is 16.5. The summed E-state index contributed by atoms with van der Waals surface area (Å²) in [4.78, 5) is 3.96. The van der Waals surface area contributed by atoms with Gasteiger partial charge in [0.2, 0.25) is 0 Å². The fraction of sp³-hybridized carbons (Fsp3) is 0.400. The second-order valence-electron chi connectivity index (χ2n) is 4.53. The standard InChI is InChI=1S/C15H20N2O2/c1-2-19-15-7-4-13(5-8-15)3-6-14(18)11-17-10-9-16-12-17/h4-5,7-10,12,14,18H,2-3,6,11H2,1H3. The zero-order valence-corrected chi connectivity index (χ0v) is 11.2. The first kappa shape index (κ1) is 13.6. The van der Waals surface area contributed by atoms with Gasteiger partial charge in [0.15, 0.2) is 0 Å². The molecule has 4 nitrogen and oxygen atoms in total. The predicted molar refractivity (Wildman–Crippen MR) is 74.2 cm³/mol. The van der Waals surface area contributed by atoms with E-state index in [0.29, 0.717) is 13.2 Å². The van der Waals surface area contributed by atoms with E-state index >= 15 is 0 Å². The quantitative estimate of drug-likeness (QED) is 0.830. The first-order valence-corrected chi connectivity index (χ1v) is 6.63. The number of aliphatic hydroxyl groups is 1. The van der Waals surface area contributed by atoms with Gasteiger partial charge < -0.3 is 14.4 Å². The SMILES string of the molecule is CCOc1ccc(CCC(O)Cn2ccnc2)cc1. The summed E-state index contributed by atoms with van der Waals surface area (Å²) in [5, 5.41) is 9.95. The van der Waals surface area contributed by atoms with Gasteiger partial charge in [-0.05, 0) is 37.5 Å². The molecule has 102 valence electrons. The molecule has 1 aromatic heterocycles. The molecule has 1 atom stereocenters. The number of ether oxygens (including phenoxy) is 1. The Hall–Kier alpha value is -1.81. The third-order valence-corrected chi connectivity index (χ3v) is 2.98. The van der Waals surface area contributed by atoms with Gasteiger partial charge in [0.25, 0.3) is 0 Å². The molecule has 4 heteroatoms. The summed E-state index contributed by atoms with van der Waals surface area (Å²) >= 11 is 0. The van der Waals surface area contributed by atoms with Crippen LogP contribution in [0, 0.1) is 0 Å². The van der Waals surface area contributed by atoms with Gasteiger partial charge in [0.1, 0.15) is 5.75 Å². The Labute approximate surface area is 113 Å². The Morgan fingerprint density at radius 2 is 2.11 bits per heavy atom. The van der Waals surface area contributed by atoms with Crippen LogP contribution in [-0.2, 0) is 13.0 Å². The highest BCUT2D eigenvalue weighted by Crippen LogP contribution is 2.14. The molecule has 0 bridgehead atoms. The summed E-state index contributed by atoms with van der Waals surface area (Å²) < 4.78 is 7.29. The Bertz CT molecular complexity index is 465. The maximum absolute atomic E-state index is 9.95. The zero-order chi connectivity index (χ0) is 13.5. The summed E-state index contributed by atoms with van der Waals surface area (Å²) in [5.74, 6) is 0.894. The van der Waals surface area contributed by atoms with E-state index in [1.165, 1.54) is 5.56 Å². The van der Waals surface area contributed by atoms with Crippen LogP contribution in [-0.4, -0.2) is 27.4 Å². The Morgan fingerprint density at radius 1 is 1.32 bits per heavy atom. The first-order valence-electron chi connectivity index (χ1n) is 6.63. The van der Waals surface area contributed by atoms with E-state index in [1.54, 1.807) is 12.5 Å². The molecule has 0 saturated heterocycles. The second-order valence-corrected chi connectivity index (χ2v) is 4.53. The van der Waals surface area contributed by atoms with Crippen LogP contribution in [0.3, 0.4) is 0 Å². The number of hydrogen-bond acceptors (Lipinski definition) is 3. The third kappa shape index (κ3) is 4.41. The molecule has 0 amide bonds. The number of aryl methyl sites for hydroxylation is 1. The van der Waals surface area contributed by atoms with E-state index in [-0.39, 0.29) is 6.10 Å². The highest BCUT2D eigenvalue weighted by molar-refractivity contribution is 5.27. The summed E-state index contributed by atoms with van der Waals surface area (Å²) in [5.41, 5.74) is 1.22. The van der Waals surface area contributed by atoms with Crippen molar-refractivity contribution in [3.05, 3.63) is 48.5 Å². The lowest BCUT2D eigenvalue weighted by molar-refractivity contribution is 0.144. The summed E-state index contributed by atoms with van der Waals surface area (Å²) in [6.07, 6.45) is 6.56. The average Bonchev–Trinajstić information content (AvgIpc) is 2.91. The lowest BCUT2D eigenvalue weighted by Gasteiger charge is -2.11. The molecule has 0 saturated carbocycles. The van der Waals surface area contributed by atoms with E-state index in [0.717, 1.165) is 18.6 Å². The molecule has 1 aromatic carbocycles. The van der Waals surface area contributed by atoms with Gasteiger partial charge in [-0.2, -0.15) is 0 Å². The van der Waals surface area contributed by atoms with Crippen LogP contribution in [0.2, 0.25) is 0 Å². The van der Waals surface area contributed by atoms with Crippen LogP contribution in [0.25, 0.3) is 0 Å². The van der Waals surface area contributed by atoms with Crippen molar-refractivity contribution in [3.8, 4) is 5.75 Å². The van der Waals surface area contributed by atoms with Gasteiger partial charge in [-0.25, -0.2) is 4.98 Å². The van der Waals surface area contributed by atoms with Crippen LogP contribution >= 0.6 is 0 Å². The van der Waals surface area contributed by atoms with Gasteiger partial charge >= 0.3 is 0 Å². The van der Waals surface area contributed by atoms with E-state index in [4.69, 9.17) is 4.74 Å². The molecule has 0 aliphatic rings. The van der Waals surface area contributed by atoms with Crippen LogP contribution in [0.15, 0.2) is 43.0 Å². The topological polar surface area (TPSA) is 47.3 Å². The van der Waals surface area contributed by atoms with Gasteiger partial charge in [0, 0.05) is 18.9 Å². The van der Waals surface area contributed by atoms with Crippen molar-refractivity contribution >= 4 is 0 Å². The minimum absolute atomic E-state index is 0.347. The number of nitrogens with zero attached hydrogens (tertiary/aromatic N) is 2. The summed E-state index contributed by atoms with van der Waals surface area (Å²) in [6, 6.07) is 8.05. The van der Waals surface area contributed by atoms with Gasteiger partial charge in [-0.3, -0.25) is 0 Å². The molecule has 2 aromatic rings. The maximum Gasteiger partial charge on any atom is 0.119 e. The van der Waals surface area contributed by atoms with Crippen molar-refractivity contribution in [2.24, 2.45) is 0 Å². The number of imidazole rings is 1. The Morgan fingerprint density at radius 3 is 2.74 bits per heavy atom. The molecule has 0 fully saturated rings. The molecule has 1 unspecified atom stereocenters. The Balaban J connectivity index is 1.78. The first-order chi connectivity index (χ1) is 9.28. The minimum atomic E-state index is -0.347. The summed E-state index contributed by atoms with van der Waals surface area (Å²) in [6.45, 7) is 3.25. The van der Waals surface area contributed by atoms with Crippen LogP contribution in [0.1, 0.15) is 18.9 Å². The van der Waals surface area contributed by atoms with Crippen molar-refractivity contribution in [2.45, 2.75) is 32.4 Å². The van der Waals surface area contributed by atoms with E-state index in [9.17, 15) is 5.11 Å². The fourth-order valence-corrected chi connectivity index (χ4v) is 1.98. The zero-order valence-electron chi connectivity index (χ0n) is 11.2. The third-order valence-electron chi connectivity index (χ3n) is 2.98. The number of benzene rings is 1. The maximum atomic E-state index is 9.95. The number of hydrogen-bond donors (Lipinski definition) is 1. The largest absolute Gasteiger partial charge is 0.494 e. The molecule has 1 heterocycles. The normalized spacial score (nSPS) is 12.3. The van der Waals surface area contributed by atoms with E-state index in [1.807, 2.05) is 29.8 Å². The molecule has 0 radical (unpaired) electrons. The van der Waals surface area contributed by atoms with Crippen molar-refractivity contribution in [1.82, 2.24) is 9.55 Å². The monoisotopic (exact) mass is 260 g/mol. The molecule has 19 heavy (non-hydrogen) atoms. The molecule has 0 aliphatic heterocycles. The van der Waals surface area contributed by atoms with Gasteiger partial charge in [-0.15, -0.1) is 0 Å². The fourth-order valence-electron chi connectivity index (χ4n) is 1.98. The van der Waals surface area contributed by atoms with E-state index < -0.39 is 0 Å². The second kappa shape index (κ2) is 6.95. The van der Waals surface area contributed by atoms with Crippen molar-refractivity contribution < 1.29 is 9.84 Å². The Kier molecular flexibility index (Phi) is 4.98. The molecule has 0 spiro atoms.